The molecule has 1 amide bonds. The molecule has 4 rings (SSSR count). The molecule has 1 N–H and O–H groups in total. The Balaban J connectivity index is 1.40. The van der Waals surface area contributed by atoms with E-state index >= 15 is 0 Å². The lowest BCUT2D eigenvalue weighted by Gasteiger charge is -2.21. The molecule has 32 heavy (non-hydrogen) atoms. The van der Waals surface area contributed by atoms with Gasteiger partial charge in [-0.25, -0.2) is 0 Å². The largest absolute Gasteiger partial charge is 0.411 e. The van der Waals surface area contributed by atoms with Crippen LogP contribution in [-0.2, 0) is 24.3 Å². The van der Waals surface area contributed by atoms with Crippen molar-refractivity contribution < 1.29 is 22.7 Å². The number of carbonyl (C=O) groups excluding carboxylic acids is 1. The standard InChI is InChI=1S/C25H23F3N2O2/c26-25(27,28)17-32-16-18-9-11-20(12-10-18)24(31)29-22-7-3-1-6-21(22)15-30-14-13-19-5-2-4-8-23(19)30/h1-12H,13-17H2,(H,29,31). The number of alkyl halides is 3. The van der Waals surface area contributed by atoms with Gasteiger partial charge in [0.1, 0.15) is 6.61 Å². The highest BCUT2D eigenvalue weighted by atomic mass is 19.4. The van der Waals surface area contributed by atoms with Crippen LogP contribution < -0.4 is 10.2 Å². The van der Waals surface area contributed by atoms with Crippen LogP contribution in [0.25, 0.3) is 0 Å². The fraction of sp³-hybridized carbons (Fsp3) is 0.240. The van der Waals surface area contributed by atoms with E-state index < -0.39 is 12.8 Å². The van der Waals surface area contributed by atoms with Gasteiger partial charge >= 0.3 is 6.18 Å². The summed E-state index contributed by atoms with van der Waals surface area (Å²) < 4.78 is 41.2. The van der Waals surface area contributed by atoms with Crippen LogP contribution in [0.2, 0.25) is 0 Å². The second kappa shape index (κ2) is 9.44. The summed E-state index contributed by atoms with van der Waals surface area (Å²) in [6.45, 7) is 0.150. The molecule has 0 fully saturated rings. The average molecular weight is 440 g/mol. The molecule has 0 saturated heterocycles. The molecule has 1 heterocycles. The minimum absolute atomic E-state index is 0.165. The van der Waals surface area contributed by atoms with Crippen LogP contribution in [0.1, 0.15) is 27.0 Å². The molecular weight excluding hydrogens is 417 g/mol. The minimum Gasteiger partial charge on any atom is -0.367 e. The van der Waals surface area contributed by atoms with E-state index in [9.17, 15) is 18.0 Å². The maximum atomic E-state index is 12.8. The van der Waals surface area contributed by atoms with Crippen LogP contribution in [0, 0.1) is 0 Å². The van der Waals surface area contributed by atoms with E-state index in [0.717, 1.165) is 24.2 Å². The first kappa shape index (κ1) is 21.9. The zero-order valence-electron chi connectivity index (χ0n) is 17.4. The Morgan fingerprint density at radius 2 is 1.69 bits per heavy atom. The Morgan fingerprint density at radius 3 is 2.47 bits per heavy atom. The average Bonchev–Trinajstić information content (AvgIpc) is 3.17. The third-order valence-corrected chi connectivity index (χ3v) is 5.36. The van der Waals surface area contributed by atoms with Crippen LogP contribution in [0.5, 0.6) is 0 Å². The number of carbonyl (C=O) groups is 1. The van der Waals surface area contributed by atoms with Gasteiger partial charge in [0, 0.05) is 30.0 Å². The maximum Gasteiger partial charge on any atom is 0.411 e. The lowest BCUT2D eigenvalue weighted by Crippen LogP contribution is -2.21. The third-order valence-electron chi connectivity index (χ3n) is 5.36. The van der Waals surface area contributed by atoms with Crippen molar-refractivity contribution in [2.24, 2.45) is 0 Å². The summed E-state index contributed by atoms with van der Waals surface area (Å²) in [6, 6.07) is 22.4. The van der Waals surface area contributed by atoms with Gasteiger partial charge in [-0.15, -0.1) is 0 Å². The Hall–Kier alpha value is -3.32. The number of benzene rings is 3. The molecule has 0 atom stereocenters. The number of nitrogens with one attached hydrogen (secondary N) is 1. The van der Waals surface area contributed by atoms with E-state index in [1.54, 1.807) is 24.3 Å². The fourth-order valence-electron chi connectivity index (χ4n) is 3.79. The van der Waals surface area contributed by atoms with Crippen LogP contribution >= 0.6 is 0 Å². The number of hydrogen-bond acceptors (Lipinski definition) is 3. The zero-order valence-corrected chi connectivity index (χ0v) is 17.4. The molecule has 1 aliphatic rings. The summed E-state index contributed by atoms with van der Waals surface area (Å²) in [6.07, 6.45) is -3.35. The zero-order chi connectivity index (χ0) is 22.6. The minimum atomic E-state index is -4.36. The molecule has 4 nitrogen and oxygen atoms in total. The number of fused-ring (bicyclic) bond motifs is 1. The molecule has 1 aliphatic heterocycles. The highest BCUT2D eigenvalue weighted by Gasteiger charge is 2.27. The monoisotopic (exact) mass is 440 g/mol. The Bertz CT molecular complexity index is 1080. The molecule has 3 aromatic rings. The van der Waals surface area contributed by atoms with Crippen LogP contribution in [-0.4, -0.2) is 25.2 Å². The Morgan fingerprint density at radius 1 is 0.969 bits per heavy atom. The van der Waals surface area contributed by atoms with Gasteiger partial charge in [-0.3, -0.25) is 4.79 Å². The third kappa shape index (κ3) is 5.48. The highest BCUT2D eigenvalue weighted by Crippen LogP contribution is 2.30. The van der Waals surface area contributed by atoms with Gasteiger partial charge in [0.05, 0.1) is 6.61 Å². The first-order valence-corrected chi connectivity index (χ1v) is 10.3. The summed E-state index contributed by atoms with van der Waals surface area (Å²) in [4.78, 5) is 15.1. The molecule has 166 valence electrons. The summed E-state index contributed by atoms with van der Waals surface area (Å²) in [5.74, 6) is -0.276. The summed E-state index contributed by atoms with van der Waals surface area (Å²) in [5, 5.41) is 2.96. The second-order valence-corrected chi connectivity index (χ2v) is 7.72. The number of hydrogen-bond donors (Lipinski definition) is 1. The molecular formula is C25H23F3N2O2. The van der Waals surface area contributed by atoms with E-state index in [-0.39, 0.29) is 12.5 Å². The van der Waals surface area contributed by atoms with Crippen molar-refractivity contribution in [3.63, 3.8) is 0 Å². The first-order valence-electron chi connectivity index (χ1n) is 10.3. The number of ether oxygens (including phenoxy) is 1. The maximum absolute atomic E-state index is 12.8. The smallest absolute Gasteiger partial charge is 0.367 e. The predicted molar refractivity (Wildman–Crippen MR) is 118 cm³/mol. The normalized spacial score (nSPS) is 13.2. The van der Waals surface area contributed by atoms with E-state index in [2.05, 4.69) is 27.1 Å². The number of nitrogens with zero attached hydrogens (tertiary/aromatic N) is 1. The van der Waals surface area contributed by atoms with Crippen molar-refractivity contribution in [3.05, 3.63) is 95.1 Å². The molecule has 7 heteroatoms. The fourth-order valence-corrected chi connectivity index (χ4v) is 3.79. The van der Waals surface area contributed by atoms with Gasteiger partial charge in [-0.1, -0.05) is 48.5 Å². The van der Waals surface area contributed by atoms with Gasteiger partial charge in [-0.2, -0.15) is 13.2 Å². The second-order valence-electron chi connectivity index (χ2n) is 7.72. The van der Waals surface area contributed by atoms with Gasteiger partial charge in [-0.05, 0) is 47.4 Å². The SMILES string of the molecule is O=C(Nc1ccccc1CN1CCc2ccccc21)c1ccc(COCC(F)(F)F)cc1. The molecule has 0 spiro atoms. The van der Waals surface area contributed by atoms with Crippen molar-refractivity contribution in [1.29, 1.82) is 0 Å². The van der Waals surface area contributed by atoms with Gasteiger partial charge in [0.15, 0.2) is 0 Å². The predicted octanol–water partition coefficient (Wildman–Crippen LogP) is 5.58. The van der Waals surface area contributed by atoms with Crippen LogP contribution in [0.4, 0.5) is 24.5 Å². The first-order chi connectivity index (χ1) is 15.4. The number of anilines is 2. The quantitative estimate of drug-likeness (QED) is 0.522. The number of halogens is 3. The van der Waals surface area contributed by atoms with Crippen molar-refractivity contribution in [2.75, 3.05) is 23.4 Å². The molecule has 3 aromatic carbocycles. The van der Waals surface area contributed by atoms with Crippen LogP contribution in [0.3, 0.4) is 0 Å². The lowest BCUT2D eigenvalue weighted by atomic mass is 10.1. The highest BCUT2D eigenvalue weighted by molar-refractivity contribution is 6.04. The van der Waals surface area contributed by atoms with Gasteiger partial charge in [0.2, 0.25) is 0 Å². The van der Waals surface area contributed by atoms with Crippen molar-refractivity contribution >= 4 is 17.3 Å². The van der Waals surface area contributed by atoms with E-state index in [0.29, 0.717) is 17.7 Å². The lowest BCUT2D eigenvalue weighted by molar-refractivity contribution is -0.176. The van der Waals surface area contributed by atoms with Crippen LogP contribution in [0.15, 0.2) is 72.8 Å². The van der Waals surface area contributed by atoms with Gasteiger partial charge in [0.25, 0.3) is 5.91 Å². The van der Waals surface area contributed by atoms with Crippen molar-refractivity contribution in [2.45, 2.75) is 25.7 Å². The van der Waals surface area contributed by atoms with E-state index in [1.807, 2.05) is 36.4 Å². The molecule has 0 saturated carbocycles. The Labute approximate surface area is 184 Å². The summed E-state index contributed by atoms with van der Waals surface area (Å²) in [7, 11) is 0. The topological polar surface area (TPSA) is 41.6 Å². The summed E-state index contributed by atoms with van der Waals surface area (Å²) in [5.41, 5.74) is 5.28. The Kier molecular flexibility index (Phi) is 6.46. The molecule has 0 unspecified atom stereocenters. The van der Waals surface area contributed by atoms with E-state index in [4.69, 9.17) is 0 Å². The molecule has 0 bridgehead atoms. The number of para-hydroxylation sites is 2. The van der Waals surface area contributed by atoms with Crippen molar-refractivity contribution in [1.82, 2.24) is 0 Å². The van der Waals surface area contributed by atoms with E-state index in [1.165, 1.54) is 11.3 Å². The summed E-state index contributed by atoms with van der Waals surface area (Å²) >= 11 is 0. The molecule has 0 radical (unpaired) electrons. The number of rotatable bonds is 7. The molecule has 0 aliphatic carbocycles. The number of amides is 1. The molecule has 0 aromatic heterocycles. The van der Waals surface area contributed by atoms with Crippen molar-refractivity contribution in [3.8, 4) is 0 Å². The van der Waals surface area contributed by atoms with Gasteiger partial charge < -0.3 is 15.0 Å².